The molecule has 1 aliphatic rings. The number of aromatic nitrogens is 2. The van der Waals surface area contributed by atoms with Crippen LogP contribution in [0.25, 0.3) is 6.08 Å². The molecule has 2 heterocycles. The predicted molar refractivity (Wildman–Crippen MR) is 95.9 cm³/mol. The highest BCUT2D eigenvalue weighted by Crippen LogP contribution is 2.29. The van der Waals surface area contributed by atoms with Crippen LogP contribution < -0.4 is 5.32 Å². The number of alkyl halides is 3. The lowest BCUT2D eigenvalue weighted by molar-refractivity contribution is -0.137. The van der Waals surface area contributed by atoms with Crippen LogP contribution in [0.3, 0.4) is 0 Å². The van der Waals surface area contributed by atoms with Crippen molar-refractivity contribution in [2.45, 2.75) is 18.6 Å². The van der Waals surface area contributed by atoms with Crippen LogP contribution in [0.1, 0.15) is 23.6 Å². The van der Waals surface area contributed by atoms with Crippen LogP contribution >= 0.6 is 0 Å². The van der Waals surface area contributed by atoms with Gasteiger partial charge >= 0.3 is 6.18 Å². The summed E-state index contributed by atoms with van der Waals surface area (Å²) in [4.78, 5) is 25.7. The molecule has 0 saturated carbocycles. The molecule has 2 amide bonds. The molecule has 1 aliphatic heterocycles. The second kappa shape index (κ2) is 8.28. The lowest BCUT2D eigenvalue weighted by atomic mass is 10.1. The summed E-state index contributed by atoms with van der Waals surface area (Å²) >= 11 is 0. The van der Waals surface area contributed by atoms with Gasteiger partial charge in [-0.1, -0.05) is 12.1 Å². The fraction of sp³-hybridized carbons (Fsp3) is 0.316. The lowest BCUT2D eigenvalue weighted by Gasteiger charge is -2.16. The van der Waals surface area contributed by atoms with Gasteiger partial charge in [-0.15, -0.1) is 0 Å². The molecular weight excluding hydrogens is 373 g/mol. The summed E-state index contributed by atoms with van der Waals surface area (Å²) in [5.41, 5.74) is -0.296. The molecule has 1 aromatic carbocycles. The topological polar surface area (TPSA) is 67.2 Å². The highest BCUT2D eigenvalue weighted by atomic mass is 19.4. The average Bonchev–Trinajstić information content (AvgIpc) is 3.35. The van der Waals surface area contributed by atoms with E-state index in [2.05, 4.69) is 10.4 Å². The lowest BCUT2D eigenvalue weighted by Crippen LogP contribution is -2.38. The minimum Gasteiger partial charge on any atom is -0.343 e. The normalized spacial score (nSPS) is 17.2. The number of nitrogens with zero attached hydrogens (tertiary/aromatic N) is 3. The van der Waals surface area contributed by atoms with Crippen molar-refractivity contribution < 1.29 is 22.8 Å². The molecule has 0 radical (unpaired) electrons. The number of halogens is 3. The average molecular weight is 392 g/mol. The van der Waals surface area contributed by atoms with Crippen LogP contribution in [0.2, 0.25) is 0 Å². The van der Waals surface area contributed by atoms with E-state index in [1.165, 1.54) is 24.3 Å². The maximum absolute atomic E-state index is 12.5. The number of amides is 2. The monoisotopic (exact) mass is 392 g/mol. The Bertz CT molecular complexity index is 845. The number of rotatable bonds is 5. The molecule has 1 fully saturated rings. The summed E-state index contributed by atoms with van der Waals surface area (Å²) in [6.07, 6.45) is 2.53. The SMILES string of the molecule is O=C(/C=C/c1ccc(C(F)(F)F)cc1)NCC(=O)N1CC[C@H](n2cccn2)C1. The molecular formula is C19H19F3N4O2. The largest absolute Gasteiger partial charge is 0.416 e. The van der Waals surface area contributed by atoms with Crippen LogP contribution in [-0.2, 0) is 15.8 Å². The van der Waals surface area contributed by atoms with Crippen molar-refractivity contribution in [2.24, 2.45) is 0 Å². The fourth-order valence-corrected chi connectivity index (χ4v) is 2.97. The van der Waals surface area contributed by atoms with Gasteiger partial charge in [-0.3, -0.25) is 14.3 Å². The number of hydrogen-bond donors (Lipinski definition) is 1. The molecule has 9 heteroatoms. The van der Waals surface area contributed by atoms with E-state index in [4.69, 9.17) is 0 Å². The zero-order valence-electron chi connectivity index (χ0n) is 14.9. The minimum atomic E-state index is -4.40. The Morgan fingerprint density at radius 1 is 1.25 bits per heavy atom. The number of benzene rings is 1. The molecule has 6 nitrogen and oxygen atoms in total. The van der Waals surface area contributed by atoms with Gasteiger partial charge in [0.05, 0.1) is 18.2 Å². The first kappa shape index (κ1) is 19.7. The van der Waals surface area contributed by atoms with Crippen LogP contribution in [0.15, 0.2) is 48.8 Å². The highest BCUT2D eigenvalue weighted by molar-refractivity contribution is 5.94. The molecule has 0 spiro atoms. The zero-order chi connectivity index (χ0) is 20.1. The van der Waals surface area contributed by atoms with Crippen molar-refractivity contribution in [3.63, 3.8) is 0 Å². The van der Waals surface area contributed by atoms with E-state index in [0.717, 1.165) is 18.6 Å². The predicted octanol–water partition coefficient (Wildman–Crippen LogP) is 2.50. The standard InChI is InChI=1S/C19H19F3N4O2/c20-19(21,22)15-5-2-14(3-6-15)4-7-17(27)23-12-18(28)25-11-8-16(13-25)26-10-1-9-24-26/h1-7,9-10,16H,8,11-13H2,(H,23,27)/b7-4+/t16-/m0/s1. The van der Waals surface area contributed by atoms with E-state index in [1.54, 1.807) is 11.1 Å². The van der Waals surface area contributed by atoms with E-state index in [0.29, 0.717) is 18.7 Å². The van der Waals surface area contributed by atoms with Crippen LogP contribution in [0, 0.1) is 0 Å². The second-order valence-corrected chi connectivity index (χ2v) is 6.44. The summed E-state index contributed by atoms with van der Waals surface area (Å²) in [6.45, 7) is 1.00. The van der Waals surface area contributed by atoms with Crippen LogP contribution in [-0.4, -0.2) is 46.1 Å². The molecule has 1 atom stereocenters. The zero-order valence-corrected chi connectivity index (χ0v) is 14.9. The number of carbonyl (C=O) groups excluding carboxylic acids is 2. The van der Waals surface area contributed by atoms with E-state index >= 15 is 0 Å². The third kappa shape index (κ3) is 4.99. The third-order valence-electron chi connectivity index (χ3n) is 4.49. The highest BCUT2D eigenvalue weighted by Gasteiger charge is 2.30. The third-order valence-corrected chi connectivity index (χ3v) is 4.49. The Morgan fingerprint density at radius 2 is 2.00 bits per heavy atom. The van der Waals surface area contributed by atoms with Crippen molar-refractivity contribution in [3.05, 3.63) is 59.9 Å². The van der Waals surface area contributed by atoms with Gasteiger partial charge in [0.25, 0.3) is 0 Å². The molecule has 148 valence electrons. The number of carbonyl (C=O) groups is 2. The van der Waals surface area contributed by atoms with E-state index in [-0.39, 0.29) is 18.5 Å². The van der Waals surface area contributed by atoms with E-state index < -0.39 is 17.6 Å². The van der Waals surface area contributed by atoms with Crippen LogP contribution in [0.5, 0.6) is 0 Å². The smallest absolute Gasteiger partial charge is 0.343 e. The number of hydrogen-bond acceptors (Lipinski definition) is 3. The molecule has 3 rings (SSSR count). The van der Waals surface area contributed by atoms with Gasteiger partial charge in [0.1, 0.15) is 0 Å². The Hall–Kier alpha value is -3.10. The molecule has 0 bridgehead atoms. The number of nitrogens with one attached hydrogen (secondary N) is 1. The molecule has 1 N–H and O–H groups in total. The van der Waals surface area contributed by atoms with Crippen molar-refractivity contribution in [2.75, 3.05) is 19.6 Å². The molecule has 1 saturated heterocycles. The first-order chi connectivity index (χ1) is 13.3. The van der Waals surface area contributed by atoms with Gasteiger partial charge in [-0.2, -0.15) is 18.3 Å². The van der Waals surface area contributed by atoms with E-state index in [9.17, 15) is 22.8 Å². The Morgan fingerprint density at radius 3 is 2.64 bits per heavy atom. The van der Waals surface area contributed by atoms with Gasteiger partial charge in [0.15, 0.2) is 0 Å². The molecule has 2 aromatic rings. The Kier molecular flexibility index (Phi) is 5.81. The van der Waals surface area contributed by atoms with Crippen molar-refractivity contribution in [3.8, 4) is 0 Å². The van der Waals surface area contributed by atoms with Crippen molar-refractivity contribution in [1.82, 2.24) is 20.0 Å². The quantitative estimate of drug-likeness (QED) is 0.795. The maximum atomic E-state index is 12.5. The van der Waals surface area contributed by atoms with Gasteiger partial charge in [0.2, 0.25) is 11.8 Å². The summed E-state index contributed by atoms with van der Waals surface area (Å²) in [5, 5.41) is 6.67. The van der Waals surface area contributed by atoms with Crippen molar-refractivity contribution in [1.29, 1.82) is 0 Å². The molecule has 28 heavy (non-hydrogen) atoms. The Labute approximate surface area is 159 Å². The summed E-state index contributed by atoms with van der Waals surface area (Å²) in [5.74, 6) is -0.679. The number of likely N-dealkylation sites (tertiary alicyclic amines) is 1. The van der Waals surface area contributed by atoms with Crippen LogP contribution in [0.4, 0.5) is 13.2 Å². The molecule has 0 aliphatic carbocycles. The first-order valence-electron chi connectivity index (χ1n) is 8.73. The van der Waals surface area contributed by atoms with Crippen molar-refractivity contribution >= 4 is 17.9 Å². The maximum Gasteiger partial charge on any atom is 0.416 e. The van der Waals surface area contributed by atoms with Gasteiger partial charge in [-0.25, -0.2) is 0 Å². The van der Waals surface area contributed by atoms with Gasteiger partial charge in [-0.05, 0) is 36.3 Å². The summed E-state index contributed by atoms with van der Waals surface area (Å²) in [7, 11) is 0. The first-order valence-corrected chi connectivity index (χ1v) is 8.73. The molecule has 0 unspecified atom stereocenters. The van der Waals surface area contributed by atoms with Gasteiger partial charge in [0, 0.05) is 31.6 Å². The van der Waals surface area contributed by atoms with E-state index in [1.807, 2.05) is 16.9 Å². The Balaban J connectivity index is 1.45. The second-order valence-electron chi connectivity index (χ2n) is 6.44. The minimum absolute atomic E-state index is 0.134. The molecule has 1 aromatic heterocycles. The summed E-state index contributed by atoms with van der Waals surface area (Å²) < 4.78 is 39.4. The summed E-state index contributed by atoms with van der Waals surface area (Å²) in [6, 6.07) is 6.41. The fourth-order valence-electron chi connectivity index (χ4n) is 2.97. The van der Waals surface area contributed by atoms with Gasteiger partial charge < -0.3 is 10.2 Å².